The van der Waals surface area contributed by atoms with E-state index in [2.05, 4.69) is 17.2 Å². The zero-order chi connectivity index (χ0) is 13.4. The molecule has 100 valence electrons. The summed E-state index contributed by atoms with van der Waals surface area (Å²) in [5, 5.41) is 17.4. The second-order valence-electron chi connectivity index (χ2n) is 5.33. The van der Waals surface area contributed by atoms with Crippen LogP contribution in [0.4, 0.5) is 0 Å². The summed E-state index contributed by atoms with van der Waals surface area (Å²) in [6.45, 7) is 2.15. The van der Waals surface area contributed by atoms with E-state index in [9.17, 15) is 4.79 Å². The lowest BCUT2D eigenvalue weighted by atomic mass is 10.00. The fourth-order valence-electron chi connectivity index (χ4n) is 3.01. The number of carboxylic acid groups (broad SMARTS) is 1. The summed E-state index contributed by atoms with van der Waals surface area (Å²) in [4.78, 5) is 11.1. The van der Waals surface area contributed by atoms with Crippen molar-refractivity contribution in [3.05, 3.63) is 23.8 Å². The molecule has 5 heteroatoms. The highest BCUT2D eigenvalue weighted by atomic mass is 16.4. The van der Waals surface area contributed by atoms with Crippen LogP contribution < -0.4 is 0 Å². The van der Waals surface area contributed by atoms with Crippen LogP contribution in [0, 0.1) is 5.92 Å². The predicted octanol–water partition coefficient (Wildman–Crippen LogP) is 2.88. The van der Waals surface area contributed by atoms with E-state index in [1.165, 1.54) is 25.7 Å². The van der Waals surface area contributed by atoms with Crippen LogP contribution in [0.5, 0.6) is 0 Å². The predicted molar refractivity (Wildman–Crippen MR) is 71.2 cm³/mol. The molecule has 0 bridgehead atoms. The minimum atomic E-state index is -0.914. The van der Waals surface area contributed by atoms with Crippen molar-refractivity contribution in [1.29, 1.82) is 0 Å². The third-order valence-corrected chi connectivity index (χ3v) is 4.19. The second-order valence-corrected chi connectivity index (χ2v) is 5.33. The molecule has 0 spiro atoms. The maximum Gasteiger partial charge on any atom is 0.335 e. The van der Waals surface area contributed by atoms with Crippen LogP contribution in [0.25, 0.3) is 11.0 Å². The molecule has 0 aliphatic heterocycles. The topological polar surface area (TPSA) is 68.0 Å². The molecule has 0 amide bonds. The van der Waals surface area contributed by atoms with Crippen LogP contribution in [0.1, 0.15) is 49.0 Å². The molecule has 1 aliphatic rings. The molecule has 0 radical (unpaired) electrons. The molecule has 1 aromatic carbocycles. The van der Waals surface area contributed by atoms with Crippen molar-refractivity contribution in [2.24, 2.45) is 5.92 Å². The molecule has 5 nitrogen and oxygen atoms in total. The third kappa shape index (κ3) is 2.09. The van der Waals surface area contributed by atoms with Gasteiger partial charge in [0.2, 0.25) is 0 Å². The Balaban J connectivity index is 2.02. The number of nitrogens with zero attached hydrogens (tertiary/aromatic N) is 3. The first-order valence-corrected chi connectivity index (χ1v) is 6.75. The van der Waals surface area contributed by atoms with Gasteiger partial charge in [0.05, 0.1) is 17.1 Å². The highest BCUT2D eigenvalue weighted by Gasteiger charge is 2.25. The lowest BCUT2D eigenvalue weighted by Crippen LogP contribution is -2.15. The summed E-state index contributed by atoms with van der Waals surface area (Å²) in [5.74, 6) is -0.290. The normalized spacial score (nSPS) is 17.9. The Kier molecular flexibility index (Phi) is 2.97. The Morgan fingerprint density at radius 1 is 1.42 bits per heavy atom. The molecule has 1 fully saturated rings. The van der Waals surface area contributed by atoms with Crippen molar-refractivity contribution in [1.82, 2.24) is 15.0 Å². The number of rotatable bonds is 3. The number of hydrogen-bond acceptors (Lipinski definition) is 3. The van der Waals surface area contributed by atoms with Crippen LogP contribution in [0.2, 0.25) is 0 Å². The molecule has 3 rings (SSSR count). The van der Waals surface area contributed by atoms with E-state index in [-0.39, 0.29) is 11.6 Å². The van der Waals surface area contributed by atoms with Crippen LogP contribution in [-0.2, 0) is 0 Å². The molecular weight excluding hydrogens is 242 g/mol. The summed E-state index contributed by atoms with van der Waals surface area (Å²) in [6.07, 6.45) is 5.01. The van der Waals surface area contributed by atoms with Gasteiger partial charge in [-0.25, -0.2) is 9.48 Å². The average molecular weight is 259 g/mol. The number of hydrogen-bond donors (Lipinski definition) is 1. The molecule has 1 aliphatic carbocycles. The lowest BCUT2D eigenvalue weighted by molar-refractivity contribution is 0.0697. The fraction of sp³-hybridized carbons (Fsp3) is 0.500. The van der Waals surface area contributed by atoms with Crippen molar-refractivity contribution >= 4 is 17.0 Å². The quantitative estimate of drug-likeness (QED) is 0.920. The summed E-state index contributed by atoms with van der Waals surface area (Å²) in [5.41, 5.74) is 1.86. The van der Waals surface area contributed by atoms with Gasteiger partial charge in [-0.15, -0.1) is 5.10 Å². The zero-order valence-corrected chi connectivity index (χ0v) is 10.9. The zero-order valence-electron chi connectivity index (χ0n) is 10.9. The van der Waals surface area contributed by atoms with Crippen molar-refractivity contribution in [3.8, 4) is 0 Å². The average Bonchev–Trinajstić information content (AvgIpc) is 3.06. The fourth-order valence-corrected chi connectivity index (χ4v) is 3.01. The largest absolute Gasteiger partial charge is 0.478 e. The molecule has 1 aromatic heterocycles. The van der Waals surface area contributed by atoms with Crippen LogP contribution in [-0.4, -0.2) is 26.1 Å². The van der Waals surface area contributed by atoms with Crippen LogP contribution in [0.15, 0.2) is 18.2 Å². The summed E-state index contributed by atoms with van der Waals surface area (Å²) < 4.78 is 1.89. The molecule has 1 N–H and O–H groups in total. The van der Waals surface area contributed by atoms with Gasteiger partial charge in [-0.1, -0.05) is 18.1 Å². The van der Waals surface area contributed by atoms with Crippen molar-refractivity contribution < 1.29 is 9.90 Å². The van der Waals surface area contributed by atoms with E-state index in [1.807, 2.05) is 4.68 Å². The Labute approximate surface area is 111 Å². The van der Waals surface area contributed by atoms with Gasteiger partial charge in [-0.3, -0.25) is 0 Å². The SMILES string of the molecule is CC(C1CCCC1)n1nnc2ccc(C(=O)O)cc21. The van der Waals surface area contributed by atoms with E-state index < -0.39 is 5.97 Å². The Morgan fingerprint density at radius 2 is 2.16 bits per heavy atom. The van der Waals surface area contributed by atoms with E-state index in [1.54, 1.807) is 18.2 Å². The van der Waals surface area contributed by atoms with Gasteiger partial charge >= 0.3 is 5.97 Å². The first-order chi connectivity index (χ1) is 9.16. The first kappa shape index (κ1) is 12.1. The van der Waals surface area contributed by atoms with Gasteiger partial charge in [0.1, 0.15) is 5.52 Å². The maximum atomic E-state index is 11.1. The van der Waals surface area contributed by atoms with Gasteiger partial charge < -0.3 is 5.11 Å². The maximum absolute atomic E-state index is 11.1. The number of aromatic carboxylic acids is 1. The lowest BCUT2D eigenvalue weighted by Gasteiger charge is -2.19. The molecule has 1 heterocycles. The van der Waals surface area contributed by atoms with E-state index >= 15 is 0 Å². The van der Waals surface area contributed by atoms with E-state index in [4.69, 9.17) is 5.11 Å². The standard InChI is InChI=1S/C14H17N3O2/c1-9(10-4-2-3-5-10)17-13-8-11(14(18)19)6-7-12(13)15-16-17/h6-10H,2-5H2,1H3,(H,18,19). The summed E-state index contributed by atoms with van der Waals surface area (Å²) in [6, 6.07) is 5.24. The van der Waals surface area contributed by atoms with Crippen LogP contribution in [0.3, 0.4) is 0 Å². The number of aromatic nitrogens is 3. The highest BCUT2D eigenvalue weighted by Crippen LogP contribution is 2.34. The molecule has 1 unspecified atom stereocenters. The Hall–Kier alpha value is -1.91. The number of carboxylic acids is 1. The number of fused-ring (bicyclic) bond motifs is 1. The number of carbonyl (C=O) groups is 1. The van der Waals surface area contributed by atoms with Crippen molar-refractivity contribution in [2.45, 2.75) is 38.6 Å². The van der Waals surface area contributed by atoms with Gasteiger partial charge in [0.15, 0.2) is 0 Å². The Morgan fingerprint density at radius 3 is 2.84 bits per heavy atom. The van der Waals surface area contributed by atoms with Gasteiger partial charge in [0, 0.05) is 0 Å². The van der Waals surface area contributed by atoms with Crippen LogP contribution >= 0.6 is 0 Å². The molecule has 1 atom stereocenters. The highest BCUT2D eigenvalue weighted by molar-refractivity contribution is 5.92. The molecule has 1 saturated carbocycles. The third-order valence-electron chi connectivity index (χ3n) is 4.19. The first-order valence-electron chi connectivity index (χ1n) is 6.75. The Bertz CT molecular complexity index is 614. The van der Waals surface area contributed by atoms with E-state index in [0.29, 0.717) is 5.92 Å². The molecular formula is C14H17N3O2. The van der Waals surface area contributed by atoms with Crippen molar-refractivity contribution in [2.75, 3.05) is 0 Å². The van der Waals surface area contributed by atoms with Crippen molar-refractivity contribution in [3.63, 3.8) is 0 Å². The summed E-state index contributed by atoms with van der Waals surface area (Å²) >= 11 is 0. The molecule has 0 saturated heterocycles. The molecule has 2 aromatic rings. The minimum Gasteiger partial charge on any atom is -0.478 e. The monoisotopic (exact) mass is 259 g/mol. The smallest absolute Gasteiger partial charge is 0.335 e. The van der Waals surface area contributed by atoms with E-state index in [0.717, 1.165) is 11.0 Å². The van der Waals surface area contributed by atoms with Gasteiger partial charge in [-0.05, 0) is 43.9 Å². The summed E-state index contributed by atoms with van der Waals surface area (Å²) in [7, 11) is 0. The molecule has 19 heavy (non-hydrogen) atoms. The minimum absolute atomic E-state index is 0.275. The van der Waals surface area contributed by atoms with Gasteiger partial charge in [0.25, 0.3) is 0 Å². The van der Waals surface area contributed by atoms with Gasteiger partial charge in [-0.2, -0.15) is 0 Å². The second kappa shape index (κ2) is 4.64. The number of benzene rings is 1.